The van der Waals surface area contributed by atoms with Gasteiger partial charge in [-0.15, -0.1) is 24.0 Å². The van der Waals surface area contributed by atoms with E-state index in [9.17, 15) is 0 Å². The van der Waals surface area contributed by atoms with E-state index in [2.05, 4.69) is 15.2 Å². The second kappa shape index (κ2) is 11.4. The van der Waals surface area contributed by atoms with Gasteiger partial charge in [-0.05, 0) is 31.4 Å². The number of nitrogens with one attached hydrogen (secondary N) is 1. The molecule has 1 atom stereocenters. The van der Waals surface area contributed by atoms with Crippen molar-refractivity contribution in [2.24, 2.45) is 4.99 Å². The van der Waals surface area contributed by atoms with E-state index in [1.54, 1.807) is 21.3 Å². The second-order valence-corrected chi connectivity index (χ2v) is 5.93. The lowest BCUT2D eigenvalue weighted by Crippen LogP contribution is -2.39. The van der Waals surface area contributed by atoms with Crippen LogP contribution in [0, 0.1) is 0 Å². The second-order valence-electron chi connectivity index (χ2n) is 5.93. The summed E-state index contributed by atoms with van der Waals surface area (Å²) in [4.78, 5) is 6.45. The highest BCUT2D eigenvalue weighted by Crippen LogP contribution is 2.25. The Labute approximate surface area is 167 Å². The molecule has 0 spiro atoms. The average Bonchev–Trinajstić information content (AvgIpc) is 3.12. The number of rotatable bonds is 7. The highest BCUT2D eigenvalue weighted by molar-refractivity contribution is 14.0. The zero-order chi connectivity index (χ0) is 17.4. The van der Waals surface area contributed by atoms with Gasteiger partial charge in [0.1, 0.15) is 11.5 Å². The van der Waals surface area contributed by atoms with Crippen molar-refractivity contribution in [2.45, 2.75) is 31.9 Å². The molecule has 1 aromatic rings. The summed E-state index contributed by atoms with van der Waals surface area (Å²) < 4.78 is 16.4. The molecule has 0 bridgehead atoms. The minimum absolute atomic E-state index is 0. The van der Waals surface area contributed by atoms with Crippen LogP contribution in [-0.2, 0) is 11.3 Å². The molecule has 1 unspecified atom stereocenters. The fourth-order valence-electron chi connectivity index (χ4n) is 2.91. The van der Waals surface area contributed by atoms with Crippen LogP contribution < -0.4 is 14.8 Å². The Kier molecular flexibility index (Phi) is 9.96. The van der Waals surface area contributed by atoms with Gasteiger partial charge in [-0.1, -0.05) is 0 Å². The Hall–Kier alpha value is -1.22. The molecule has 0 aromatic heterocycles. The Bertz CT molecular complexity index is 548. The Morgan fingerprint density at radius 1 is 1.36 bits per heavy atom. The van der Waals surface area contributed by atoms with E-state index < -0.39 is 0 Å². The zero-order valence-electron chi connectivity index (χ0n) is 15.6. The number of halogens is 1. The van der Waals surface area contributed by atoms with Crippen LogP contribution in [0.5, 0.6) is 11.5 Å². The molecule has 1 fully saturated rings. The van der Waals surface area contributed by atoms with E-state index >= 15 is 0 Å². The highest BCUT2D eigenvalue weighted by atomic mass is 127. The lowest BCUT2D eigenvalue weighted by Gasteiger charge is -2.23. The zero-order valence-corrected chi connectivity index (χ0v) is 17.9. The lowest BCUT2D eigenvalue weighted by molar-refractivity contribution is 0.105. The molecule has 1 aliphatic rings. The van der Waals surface area contributed by atoms with Crippen LogP contribution in [0.1, 0.15) is 24.8 Å². The number of methoxy groups -OCH3 is 2. The third-order valence-corrected chi connectivity index (χ3v) is 4.25. The van der Waals surface area contributed by atoms with E-state index in [0.29, 0.717) is 12.6 Å². The number of nitrogens with zero attached hydrogens (tertiary/aromatic N) is 2. The number of benzene rings is 1. The maximum absolute atomic E-state index is 5.65. The molecule has 2 rings (SSSR count). The van der Waals surface area contributed by atoms with Gasteiger partial charge in [-0.25, -0.2) is 0 Å². The summed E-state index contributed by atoms with van der Waals surface area (Å²) in [6.45, 7) is 2.46. The van der Waals surface area contributed by atoms with Gasteiger partial charge in [0.15, 0.2) is 5.96 Å². The van der Waals surface area contributed by atoms with Crippen molar-refractivity contribution in [1.82, 2.24) is 10.2 Å². The Balaban J connectivity index is 0.00000312. The van der Waals surface area contributed by atoms with Crippen LogP contribution >= 0.6 is 24.0 Å². The molecule has 0 aliphatic carbocycles. The standard InChI is InChI=1S/C18H29N3O3.HI/c1-19-18(20-10-9-15-6-5-11-24-15)21(2)13-14-7-8-16(22-3)12-17(14)23-4;/h7-8,12,15H,5-6,9-11,13H2,1-4H3,(H,19,20);1H. The van der Waals surface area contributed by atoms with Gasteiger partial charge in [0.25, 0.3) is 0 Å². The monoisotopic (exact) mass is 463 g/mol. The van der Waals surface area contributed by atoms with Crippen LogP contribution in [0.3, 0.4) is 0 Å². The van der Waals surface area contributed by atoms with E-state index in [-0.39, 0.29) is 24.0 Å². The summed E-state index contributed by atoms with van der Waals surface area (Å²) >= 11 is 0. The quantitative estimate of drug-likeness (QED) is 0.383. The first-order valence-electron chi connectivity index (χ1n) is 8.42. The van der Waals surface area contributed by atoms with Gasteiger partial charge >= 0.3 is 0 Å². The van der Waals surface area contributed by atoms with E-state index in [4.69, 9.17) is 14.2 Å². The van der Waals surface area contributed by atoms with Gasteiger partial charge in [-0.2, -0.15) is 0 Å². The van der Waals surface area contributed by atoms with Gasteiger partial charge in [-0.3, -0.25) is 4.99 Å². The number of ether oxygens (including phenoxy) is 3. The molecule has 1 aliphatic heterocycles. The Morgan fingerprint density at radius 3 is 2.76 bits per heavy atom. The van der Waals surface area contributed by atoms with Gasteiger partial charge in [0.2, 0.25) is 0 Å². The molecule has 142 valence electrons. The summed E-state index contributed by atoms with van der Waals surface area (Å²) in [6, 6.07) is 5.87. The number of hydrogen-bond acceptors (Lipinski definition) is 4. The topological polar surface area (TPSA) is 55.3 Å². The van der Waals surface area contributed by atoms with Crippen molar-refractivity contribution in [1.29, 1.82) is 0 Å². The molecule has 0 radical (unpaired) electrons. The third-order valence-electron chi connectivity index (χ3n) is 4.25. The molecule has 1 heterocycles. The minimum Gasteiger partial charge on any atom is -0.497 e. The largest absolute Gasteiger partial charge is 0.497 e. The molecule has 6 nitrogen and oxygen atoms in total. The smallest absolute Gasteiger partial charge is 0.193 e. The molecule has 7 heteroatoms. The minimum atomic E-state index is 0. The van der Waals surface area contributed by atoms with Crippen LogP contribution in [0.4, 0.5) is 0 Å². The first-order valence-corrected chi connectivity index (χ1v) is 8.42. The molecule has 0 amide bonds. The van der Waals surface area contributed by atoms with Crippen LogP contribution in [0.15, 0.2) is 23.2 Å². The van der Waals surface area contributed by atoms with Crippen molar-refractivity contribution >= 4 is 29.9 Å². The first-order chi connectivity index (χ1) is 11.7. The molecule has 25 heavy (non-hydrogen) atoms. The lowest BCUT2D eigenvalue weighted by atomic mass is 10.2. The maximum atomic E-state index is 5.65. The predicted octanol–water partition coefficient (Wildman–Crippen LogP) is 2.90. The van der Waals surface area contributed by atoms with Crippen LogP contribution in [-0.4, -0.2) is 58.4 Å². The number of aliphatic imine (C=N–C) groups is 1. The molecule has 1 aromatic carbocycles. The van der Waals surface area contributed by atoms with Gasteiger partial charge in [0.05, 0.1) is 20.3 Å². The third kappa shape index (κ3) is 6.54. The van der Waals surface area contributed by atoms with Gasteiger partial charge in [0, 0.05) is 45.4 Å². The van der Waals surface area contributed by atoms with Crippen molar-refractivity contribution in [3.8, 4) is 11.5 Å². The predicted molar refractivity (Wildman–Crippen MR) is 111 cm³/mol. The molecular formula is C18H30IN3O3. The molecular weight excluding hydrogens is 433 g/mol. The fraction of sp³-hybridized carbons (Fsp3) is 0.611. The maximum Gasteiger partial charge on any atom is 0.193 e. The van der Waals surface area contributed by atoms with Crippen molar-refractivity contribution in [3.63, 3.8) is 0 Å². The molecule has 1 saturated heterocycles. The molecule has 1 N–H and O–H groups in total. The summed E-state index contributed by atoms with van der Waals surface area (Å²) in [5, 5.41) is 3.41. The van der Waals surface area contributed by atoms with Crippen LogP contribution in [0.2, 0.25) is 0 Å². The van der Waals surface area contributed by atoms with Crippen molar-refractivity contribution < 1.29 is 14.2 Å². The SMILES string of the molecule is CN=C(NCCC1CCCO1)N(C)Cc1ccc(OC)cc1OC.I. The summed E-state index contributed by atoms with van der Waals surface area (Å²) in [5.74, 6) is 2.47. The van der Waals surface area contributed by atoms with Crippen LogP contribution in [0.25, 0.3) is 0 Å². The van der Waals surface area contributed by atoms with Crippen molar-refractivity contribution in [2.75, 3.05) is 41.5 Å². The average molecular weight is 463 g/mol. The van der Waals surface area contributed by atoms with E-state index in [0.717, 1.165) is 42.6 Å². The van der Waals surface area contributed by atoms with Crippen molar-refractivity contribution in [3.05, 3.63) is 23.8 Å². The Morgan fingerprint density at radius 2 is 2.16 bits per heavy atom. The normalized spacial score (nSPS) is 17.0. The highest BCUT2D eigenvalue weighted by Gasteiger charge is 2.16. The fourth-order valence-corrected chi connectivity index (χ4v) is 2.91. The first kappa shape index (κ1) is 21.8. The summed E-state index contributed by atoms with van der Waals surface area (Å²) in [5.41, 5.74) is 1.09. The number of guanidine groups is 1. The summed E-state index contributed by atoms with van der Waals surface area (Å²) in [6.07, 6.45) is 3.75. The summed E-state index contributed by atoms with van der Waals surface area (Å²) in [7, 11) is 7.15. The molecule has 0 saturated carbocycles. The van der Waals surface area contributed by atoms with E-state index in [1.807, 2.05) is 25.2 Å². The number of hydrogen-bond donors (Lipinski definition) is 1. The van der Waals surface area contributed by atoms with Gasteiger partial charge < -0.3 is 24.4 Å². The van der Waals surface area contributed by atoms with E-state index in [1.165, 1.54) is 12.8 Å².